The highest BCUT2D eigenvalue weighted by Gasteiger charge is 2.29. The second-order valence-electron chi connectivity index (χ2n) is 7.48. The van der Waals surface area contributed by atoms with Crippen LogP contribution in [0.4, 0.5) is 0 Å². The molecule has 1 unspecified atom stereocenters. The molecular formula is C20H36O3. The van der Waals surface area contributed by atoms with E-state index in [-0.39, 0.29) is 11.9 Å². The van der Waals surface area contributed by atoms with Crippen LogP contribution in [-0.4, -0.2) is 30.2 Å². The molecule has 0 aromatic carbocycles. The molecule has 0 aromatic rings. The van der Waals surface area contributed by atoms with E-state index in [1.54, 1.807) is 0 Å². The van der Waals surface area contributed by atoms with Crippen LogP contribution in [0.25, 0.3) is 0 Å². The van der Waals surface area contributed by atoms with Crippen LogP contribution >= 0.6 is 0 Å². The first-order valence-electron chi connectivity index (χ1n) is 9.09. The number of rotatable bonds is 10. The number of hydrogen-bond acceptors (Lipinski definition) is 3. The fourth-order valence-corrected chi connectivity index (χ4v) is 2.99. The maximum atomic E-state index is 9.93. The minimum absolute atomic E-state index is 0.293. The molecule has 1 atom stereocenters. The highest BCUT2D eigenvalue weighted by Crippen LogP contribution is 2.25. The van der Waals surface area contributed by atoms with Gasteiger partial charge in [0.25, 0.3) is 0 Å². The van der Waals surface area contributed by atoms with Crippen molar-refractivity contribution >= 4 is 0 Å². The molecule has 1 N–H and O–H groups in total. The Morgan fingerprint density at radius 3 is 2.35 bits per heavy atom. The van der Waals surface area contributed by atoms with E-state index in [9.17, 15) is 5.11 Å². The minimum atomic E-state index is -0.372. The Balaban J connectivity index is 2.20. The van der Waals surface area contributed by atoms with Gasteiger partial charge in [-0.15, -0.1) is 0 Å². The minimum Gasteiger partial charge on any atom is -0.389 e. The van der Waals surface area contributed by atoms with Gasteiger partial charge in [-0.3, -0.25) is 0 Å². The van der Waals surface area contributed by atoms with Crippen molar-refractivity contribution in [3.8, 4) is 0 Å². The molecule has 0 radical (unpaired) electrons. The second kappa shape index (κ2) is 10.3. The molecule has 0 bridgehead atoms. The van der Waals surface area contributed by atoms with Gasteiger partial charge in [0.05, 0.1) is 19.3 Å². The lowest BCUT2D eigenvalue weighted by Gasteiger charge is -2.21. The van der Waals surface area contributed by atoms with Gasteiger partial charge in [-0.2, -0.15) is 0 Å². The Morgan fingerprint density at radius 2 is 1.74 bits per heavy atom. The van der Waals surface area contributed by atoms with Crippen LogP contribution in [0.15, 0.2) is 23.3 Å². The first-order chi connectivity index (χ1) is 10.8. The van der Waals surface area contributed by atoms with Gasteiger partial charge in [0, 0.05) is 6.42 Å². The van der Waals surface area contributed by atoms with Crippen LogP contribution in [-0.2, 0) is 9.47 Å². The summed E-state index contributed by atoms with van der Waals surface area (Å²) in [6.45, 7) is 12.1. The standard InChI is InChI=1S/C20H36O3/c1-16(2)14-19(21)15-18(4)9-6-8-17(3)10-7-11-20(5)22-12-13-23-20/h10,15-16,19,21H,6-9,11-14H2,1-5H3. The van der Waals surface area contributed by atoms with E-state index >= 15 is 0 Å². The topological polar surface area (TPSA) is 38.7 Å². The SMILES string of the molecule is CC(=CCCC1(C)OCCO1)CCCC(C)=CC(O)CC(C)C. The van der Waals surface area contributed by atoms with Gasteiger partial charge in [0.2, 0.25) is 0 Å². The zero-order valence-corrected chi connectivity index (χ0v) is 15.7. The van der Waals surface area contributed by atoms with Crippen molar-refractivity contribution in [1.82, 2.24) is 0 Å². The lowest BCUT2D eigenvalue weighted by molar-refractivity contribution is -0.145. The van der Waals surface area contributed by atoms with Crippen molar-refractivity contribution in [2.24, 2.45) is 5.92 Å². The van der Waals surface area contributed by atoms with Crippen molar-refractivity contribution in [3.63, 3.8) is 0 Å². The quantitative estimate of drug-likeness (QED) is 0.575. The molecule has 3 heteroatoms. The lowest BCUT2D eigenvalue weighted by Crippen LogP contribution is -2.24. The zero-order chi connectivity index (χ0) is 17.3. The summed E-state index contributed by atoms with van der Waals surface area (Å²) >= 11 is 0. The fraction of sp³-hybridized carbons (Fsp3) is 0.800. The van der Waals surface area contributed by atoms with Crippen molar-refractivity contribution in [1.29, 1.82) is 0 Å². The maximum Gasteiger partial charge on any atom is 0.166 e. The zero-order valence-electron chi connectivity index (χ0n) is 15.7. The van der Waals surface area contributed by atoms with Crippen molar-refractivity contribution < 1.29 is 14.6 Å². The average molecular weight is 325 g/mol. The summed E-state index contributed by atoms with van der Waals surface area (Å²) in [5, 5.41) is 9.93. The first-order valence-corrected chi connectivity index (χ1v) is 9.09. The Hall–Kier alpha value is -0.640. The van der Waals surface area contributed by atoms with Crippen LogP contribution in [0.1, 0.15) is 73.1 Å². The molecule has 1 aliphatic rings. The molecule has 0 amide bonds. The number of ether oxygens (including phenoxy) is 2. The van der Waals surface area contributed by atoms with Crippen molar-refractivity contribution in [2.75, 3.05) is 13.2 Å². The van der Waals surface area contributed by atoms with Gasteiger partial charge in [-0.1, -0.05) is 37.1 Å². The van der Waals surface area contributed by atoms with Gasteiger partial charge in [0.15, 0.2) is 5.79 Å². The Labute approximate surface area is 142 Å². The van der Waals surface area contributed by atoms with E-state index in [2.05, 4.69) is 33.8 Å². The van der Waals surface area contributed by atoms with Gasteiger partial charge >= 0.3 is 0 Å². The maximum absolute atomic E-state index is 9.93. The summed E-state index contributed by atoms with van der Waals surface area (Å²) in [6, 6.07) is 0. The molecule has 0 aliphatic carbocycles. The van der Waals surface area contributed by atoms with Crippen molar-refractivity contribution in [2.45, 2.75) is 85.0 Å². The number of allylic oxidation sites excluding steroid dienone is 3. The normalized spacial score (nSPS) is 20.3. The Morgan fingerprint density at radius 1 is 1.13 bits per heavy atom. The van der Waals surface area contributed by atoms with Gasteiger partial charge in [-0.25, -0.2) is 0 Å². The third-order valence-corrected chi connectivity index (χ3v) is 4.32. The van der Waals surface area contributed by atoms with E-state index in [0.717, 1.165) is 38.5 Å². The molecule has 134 valence electrons. The molecule has 3 nitrogen and oxygen atoms in total. The summed E-state index contributed by atoms with van der Waals surface area (Å²) in [7, 11) is 0. The lowest BCUT2D eigenvalue weighted by atomic mass is 10.0. The summed E-state index contributed by atoms with van der Waals surface area (Å²) < 4.78 is 11.2. The van der Waals surface area contributed by atoms with Gasteiger partial charge in [0.1, 0.15) is 0 Å². The van der Waals surface area contributed by atoms with Crippen LogP contribution in [0, 0.1) is 5.92 Å². The third-order valence-electron chi connectivity index (χ3n) is 4.32. The molecule has 1 heterocycles. The Kier molecular flexibility index (Phi) is 9.11. The van der Waals surface area contributed by atoms with Crippen LogP contribution in [0.5, 0.6) is 0 Å². The van der Waals surface area contributed by atoms with Crippen LogP contribution in [0.3, 0.4) is 0 Å². The molecule has 0 saturated carbocycles. The van der Waals surface area contributed by atoms with E-state index in [1.165, 1.54) is 11.1 Å². The predicted octanol–water partition coefficient (Wildman–Crippen LogP) is 5.00. The van der Waals surface area contributed by atoms with Crippen LogP contribution in [0.2, 0.25) is 0 Å². The van der Waals surface area contributed by atoms with Gasteiger partial charge in [-0.05, 0) is 58.8 Å². The molecule has 0 aromatic heterocycles. The van der Waals surface area contributed by atoms with E-state index in [0.29, 0.717) is 19.1 Å². The summed E-state index contributed by atoms with van der Waals surface area (Å²) in [4.78, 5) is 0. The number of hydrogen-bond donors (Lipinski definition) is 1. The fourth-order valence-electron chi connectivity index (χ4n) is 2.99. The first kappa shape index (κ1) is 20.4. The summed E-state index contributed by atoms with van der Waals surface area (Å²) in [5.41, 5.74) is 2.73. The monoisotopic (exact) mass is 324 g/mol. The molecule has 0 spiro atoms. The number of aliphatic hydroxyl groups excluding tert-OH is 1. The predicted molar refractivity (Wildman–Crippen MR) is 96.4 cm³/mol. The van der Waals surface area contributed by atoms with E-state index < -0.39 is 0 Å². The third kappa shape index (κ3) is 9.29. The molecule has 1 rings (SSSR count). The summed E-state index contributed by atoms with van der Waals surface area (Å²) in [5.74, 6) is 0.164. The molecule has 1 saturated heterocycles. The molecule has 1 aliphatic heterocycles. The summed E-state index contributed by atoms with van der Waals surface area (Å²) in [6.07, 6.45) is 10.1. The molecule has 1 fully saturated rings. The second-order valence-corrected chi connectivity index (χ2v) is 7.48. The molecular weight excluding hydrogens is 288 g/mol. The smallest absolute Gasteiger partial charge is 0.166 e. The van der Waals surface area contributed by atoms with E-state index in [4.69, 9.17) is 9.47 Å². The Bertz CT molecular complexity index is 390. The average Bonchev–Trinajstić information content (AvgIpc) is 2.84. The van der Waals surface area contributed by atoms with Gasteiger partial charge < -0.3 is 14.6 Å². The van der Waals surface area contributed by atoms with E-state index in [1.807, 2.05) is 13.0 Å². The highest BCUT2D eigenvalue weighted by molar-refractivity contribution is 5.04. The number of aliphatic hydroxyl groups is 1. The largest absolute Gasteiger partial charge is 0.389 e. The van der Waals surface area contributed by atoms with Crippen molar-refractivity contribution in [3.05, 3.63) is 23.3 Å². The molecule has 23 heavy (non-hydrogen) atoms. The van der Waals surface area contributed by atoms with Crippen LogP contribution < -0.4 is 0 Å². The highest BCUT2D eigenvalue weighted by atomic mass is 16.7.